The van der Waals surface area contributed by atoms with Gasteiger partial charge in [-0.3, -0.25) is 4.79 Å². The van der Waals surface area contributed by atoms with Crippen molar-refractivity contribution in [1.29, 1.82) is 0 Å². The maximum absolute atomic E-state index is 13.5. The minimum Gasteiger partial charge on any atom is -0.370 e. The number of ether oxygens (including phenoxy) is 1. The second-order valence-electron chi connectivity index (χ2n) is 13.2. The van der Waals surface area contributed by atoms with Gasteiger partial charge in [-0.25, -0.2) is 4.39 Å². The Labute approximate surface area is 255 Å². The van der Waals surface area contributed by atoms with E-state index in [2.05, 4.69) is 11.5 Å². The van der Waals surface area contributed by atoms with Crippen molar-refractivity contribution in [1.82, 2.24) is 4.90 Å². The van der Waals surface area contributed by atoms with Gasteiger partial charge >= 0.3 is 6.18 Å². The van der Waals surface area contributed by atoms with Crippen LogP contribution in [-0.4, -0.2) is 41.6 Å². The highest BCUT2D eigenvalue weighted by molar-refractivity contribution is 5.83. The van der Waals surface area contributed by atoms with Crippen LogP contribution in [-0.2, 0) is 22.6 Å². The molecule has 2 aliphatic carbocycles. The molecule has 0 aromatic heterocycles. The number of benzene rings is 1. The van der Waals surface area contributed by atoms with E-state index in [1.807, 2.05) is 33.8 Å². The van der Waals surface area contributed by atoms with Crippen molar-refractivity contribution in [3.05, 3.63) is 70.6 Å². The number of alkyl halides is 3. The van der Waals surface area contributed by atoms with Crippen LogP contribution in [0.1, 0.15) is 103 Å². The van der Waals surface area contributed by atoms with Gasteiger partial charge in [0.2, 0.25) is 0 Å². The topological polar surface area (TPSA) is 29.5 Å². The van der Waals surface area contributed by atoms with Crippen molar-refractivity contribution in [3.63, 3.8) is 0 Å². The summed E-state index contributed by atoms with van der Waals surface area (Å²) in [5, 5.41) is 0. The average Bonchev–Trinajstić information content (AvgIpc) is 3.53. The first-order chi connectivity index (χ1) is 20.4. The first kappa shape index (κ1) is 33.6. The van der Waals surface area contributed by atoms with Gasteiger partial charge in [0.25, 0.3) is 0 Å². The number of allylic oxidation sites excluding steroid dienone is 5. The maximum atomic E-state index is 13.5. The molecular weight excluding hydrogens is 554 g/mol. The predicted octanol–water partition coefficient (Wildman–Crippen LogP) is 9.46. The van der Waals surface area contributed by atoms with Crippen LogP contribution in [0.4, 0.5) is 17.6 Å². The Hall–Kier alpha value is -2.25. The maximum Gasteiger partial charge on any atom is 0.416 e. The van der Waals surface area contributed by atoms with E-state index in [0.717, 1.165) is 80.8 Å². The highest BCUT2D eigenvalue weighted by Gasteiger charge is 2.54. The number of hydrogen-bond acceptors (Lipinski definition) is 3. The number of Topliss-reactive ketones (excluding diaryl/α,β-unsaturated/α-hetero) is 1. The van der Waals surface area contributed by atoms with Gasteiger partial charge in [-0.2, -0.15) is 13.2 Å². The van der Waals surface area contributed by atoms with Crippen molar-refractivity contribution in [3.8, 4) is 0 Å². The molecule has 1 spiro atoms. The van der Waals surface area contributed by atoms with Gasteiger partial charge in [0, 0.05) is 31.0 Å². The molecule has 0 amide bonds. The van der Waals surface area contributed by atoms with E-state index < -0.39 is 11.7 Å². The van der Waals surface area contributed by atoms with Crippen LogP contribution in [0.25, 0.3) is 0 Å². The first-order valence-corrected chi connectivity index (χ1v) is 16.1. The van der Waals surface area contributed by atoms with Crippen LogP contribution in [0.15, 0.2) is 53.6 Å². The minimum absolute atomic E-state index is 0.00977. The molecule has 4 aliphatic rings. The predicted molar refractivity (Wildman–Crippen MR) is 164 cm³/mol. The number of nitrogens with zero attached hydrogens (tertiary/aromatic N) is 1. The van der Waals surface area contributed by atoms with Gasteiger partial charge in [0.15, 0.2) is 0 Å². The van der Waals surface area contributed by atoms with Crippen molar-refractivity contribution in [2.75, 3.05) is 13.1 Å². The molecule has 1 aromatic carbocycles. The van der Waals surface area contributed by atoms with Gasteiger partial charge in [0.1, 0.15) is 11.6 Å². The number of ketones is 1. The largest absolute Gasteiger partial charge is 0.416 e. The number of rotatable bonds is 7. The molecule has 3 atom stereocenters. The standard InChI is InChI=1S/C23H30FNO2.C13H19F3/c1-16(26)23-6-2-3-19(23)12-21(14-23)25-9-7-22(8-10-25)13-17-4-5-20(24)11-18(17)15-27-22;1-5-8-10(4)11(6-2)9-12(7-3)13(14,15)16/h4-5,11,19,21H,2-3,6-10,12-15H2,1H3;7,9H,3,5-6,8H2,1-2,4H3/b;11-10+,12-9+/t19-,21-,23+;/m0./s1. The fraction of sp³-hybridized carbons (Fsp3) is 0.639. The molecule has 7 heteroatoms. The van der Waals surface area contributed by atoms with Crippen LogP contribution in [0.3, 0.4) is 0 Å². The summed E-state index contributed by atoms with van der Waals surface area (Å²) >= 11 is 0. The lowest BCUT2D eigenvalue weighted by Gasteiger charge is -2.46. The third kappa shape index (κ3) is 7.53. The van der Waals surface area contributed by atoms with Crippen LogP contribution in [0.2, 0.25) is 0 Å². The van der Waals surface area contributed by atoms with Gasteiger partial charge in [0.05, 0.1) is 17.8 Å². The Morgan fingerprint density at radius 2 is 1.86 bits per heavy atom. The van der Waals surface area contributed by atoms with Crippen LogP contribution in [0.5, 0.6) is 0 Å². The van der Waals surface area contributed by atoms with E-state index in [1.54, 1.807) is 12.1 Å². The molecule has 0 N–H and O–H groups in total. The van der Waals surface area contributed by atoms with Gasteiger partial charge in [-0.1, -0.05) is 51.0 Å². The first-order valence-electron chi connectivity index (χ1n) is 16.1. The van der Waals surface area contributed by atoms with E-state index in [1.165, 1.54) is 30.9 Å². The fourth-order valence-corrected chi connectivity index (χ4v) is 8.13. The zero-order valence-corrected chi connectivity index (χ0v) is 26.4. The molecule has 3 fully saturated rings. The Balaban J connectivity index is 0.000000229. The summed E-state index contributed by atoms with van der Waals surface area (Å²) in [4.78, 5) is 15.0. The van der Waals surface area contributed by atoms with E-state index >= 15 is 0 Å². The smallest absolute Gasteiger partial charge is 0.370 e. The summed E-state index contributed by atoms with van der Waals surface area (Å²) in [6, 6.07) is 5.71. The summed E-state index contributed by atoms with van der Waals surface area (Å²) < 4.78 is 57.2. The van der Waals surface area contributed by atoms with E-state index in [-0.39, 0.29) is 16.8 Å². The SMILES string of the molecule is C=C/C(=C\C(CC)=C(/C)CCC)C(F)(F)F.CC(=O)[C@]12CCC[C@H]1C[C@H](N1CCC3(CC1)Cc1ccc(F)cc1CO3)C2. The van der Waals surface area contributed by atoms with Crippen molar-refractivity contribution < 1.29 is 27.1 Å². The molecule has 2 heterocycles. The third-order valence-corrected chi connectivity index (χ3v) is 10.7. The van der Waals surface area contributed by atoms with Gasteiger partial charge in [-0.05, 0) is 106 Å². The molecule has 1 saturated heterocycles. The number of carbonyl (C=O) groups is 1. The molecule has 3 nitrogen and oxygen atoms in total. The summed E-state index contributed by atoms with van der Waals surface area (Å²) in [7, 11) is 0. The lowest BCUT2D eigenvalue weighted by Crippen LogP contribution is -2.51. The lowest BCUT2D eigenvalue weighted by atomic mass is 9.77. The molecule has 1 aromatic rings. The zero-order valence-electron chi connectivity index (χ0n) is 26.4. The molecule has 2 aliphatic heterocycles. The zero-order chi connectivity index (χ0) is 31.4. The van der Waals surface area contributed by atoms with Crippen LogP contribution >= 0.6 is 0 Å². The molecule has 0 bridgehead atoms. The normalized spacial score (nSPS) is 27.6. The Morgan fingerprint density at radius 1 is 1.14 bits per heavy atom. The van der Waals surface area contributed by atoms with Gasteiger partial charge in [-0.15, -0.1) is 0 Å². The monoisotopic (exact) mass is 603 g/mol. The number of hydrogen-bond donors (Lipinski definition) is 0. The molecule has 2 saturated carbocycles. The van der Waals surface area contributed by atoms with Crippen molar-refractivity contribution >= 4 is 5.78 Å². The summed E-state index contributed by atoms with van der Waals surface area (Å²) in [6.07, 6.45) is 8.99. The highest BCUT2D eigenvalue weighted by atomic mass is 19.4. The van der Waals surface area contributed by atoms with Gasteiger partial charge < -0.3 is 9.64 Å². The number of carbonyl (C=O) groups excluding carboxylic acids is 1. The van der Waals surface area contributed by atoms with Crippen molar-refractivity contribution in [2.45, 2.75) is 123 Å². The summed E-state index contributed by atoms with van der Waals surface area (Å²) in [5.41, 5.74) is 3.29. The van der Waals surface area contributed by atoms with Crippen molar-refractivity contribution in [2.24, 2.45) is 11.3 Å². The molecule has 5 rings (SSSR count). The number of piperidine rings is 1. The number of fused-ring (bicyclic) bond motifs is 2. The minimum atomic E-state index is -4.31. The molecular formula is C36H49F4NO2. The number of halogens is 4. The molecule has 238 valence electrons. The summed E-state index contributed by atoms with van der Waals surface area (Å²) in [5.74, 6) is 0.873. The average molecular weight is 604 g/mol. The van der Waals surface area contributed by atoms with E-state index in [4.69, 9.17) is 4.74 Å². The second-order valence-corrected chi connectivity index (χ2v) is 13.2. The summed E-state index contributed by atoms with van der Waals surface area (Å²) in [6.45, 7) is 13.4. The fourth-order valence-electron chi connectivity index (χ4n) is 8.13. The number of likely N-dealkylation sites (tertiary alicyclic amines) is 1. The Bertz CT molecular complexity index is 1220. The molecule has 0 radical (unpaired) electrons. The Morgan fingerprint density at radius 3 is 2.44 bits per heavy atom. The molecule has 43 heavy (non-hydrogen) atoms. The van der Waals surface area contributed by atoms with E-state index in [0.29, 0.717) is 30.8 Å². The van der Waals surface area contributed by atoms with Crippen LogP contribution in [0, 0.1) is 17.2 Å². The Kier molecular flexibility index (Phi) is 10.8. The van der Waals surface area contributed by atoms with Crippen LogP contribution < -0.4 is 0 Å². The van der Waals surface area contributed by atoms with E-state index in [9.17, 15) is 22.4 Å². The lowest BCUT2D eigenvalue weighted by molar-refractivity contribution is -0.128. The highest BCUT2D eigenvalue weighted by Crippen LogP contribution is 2.56. The quantitative estimate of drug-likeness (QED) is 0.230. The second kappa shape index (κ2) is 13.8. The molecule has 0 unspecified atom stereocenters. The third-order valence-electron chi connectivity index (χ3n) is 10.7.